The zero-order chi connectivity index (χ0) is 11.7. The molecule has 0 saturated carbocycles. The van der Waals surface area contributed by atoms with Crippen molar-refractivity contribution in [3.63, 3.8) is 0 Å². The van der Waals surface area contributed by atoms with E-state index in [4.69, 9.17) is 5.73 Å². The topological polar surface area (TPSA) is 104 Å². The number of fused-ring (bicyclic) bond motifs is 1. The zero-order valence-corrected chi connectivity index (χ0v) is 9.72. The highest BCUT2D eigenvalue weighted by atomic mass is 79.9. The average Bonchev–Trinajstić information content (AvgIpc) is 2.58. The van der Waals surface area contributed by atoms with E-state index in [0.29, 0.717) is 21.2 Å². The quantitative estimate of drug-likeness (QED) is 0.646. The van der Waals surface area contributed by atoms with Gasteiger partial charge < -0.3 is 21.0 Å². The second-order valence-electron chi connectivity index (χ2n) is 3.21. The van der Waals surface area contributed by atoms with Crippen LogP contribution in [0.5, 0.6) is 0 Å². The first-order valence-electron chi connectivity index (χ1n) is 4.51. The summed E-state index contributed by atoms with van der Waals surface area (Å²) in [5, 5.41) is 2.61. The van der Waals surface area contributed by atoms with Crippen molar-refractivity contribution >= 4 is 38.6 Å². The van der Waals surface area contributed by atoms with Gasteiger partial charge in [-0.3, -0.25) is 4.79 Å². The molecule has 1 aromatic heterocycles. The van der Waals surface area contributed by atoms with Crippen LogP contribution < -0.4 is 16.7 Å². The third-order valence-electron chi connectivity index (χ3n) is 2.06. The summed E-state index contributed by atoms with van der Waals surface area (Å²) in [6.45, 7) is -0.0892. The molecule has 1 aromatic carbocycles. The highest BCUT2D eigenvalue weighted by molar-refractivity contribution is 9.10. The lowest BCUT2D eigenvalue weighted by Gasteiger charge is -2.05. The van der Waals surface area contributed by atoms with Crippen LogP contribution in [-0.2, 0) is 4.79 Å². The van der Waals surface area contributed by atoms with Crippen LogP contribution in [0.2, 0.25) is 0 Å². The number of hydrogen-bond acceptors (Lipinski definition) is 3. The Morgan fingerprint density at radius 3 is 2.62 bits per heavy atom. The molecule has 1 heterocycles. The van der Waals surface area contributed by atoms with Gasteiger partial charge in [-0.15, -0.1) is 0 Å². The fourth-order valence-corrected chi connectivity index (χ4v) is 1.80. The Hall–Kier alpha value is -1.60. The summed E-state index contributed by atoms with van der Waals surface area (Å²) in [6.07, 6.45) is 0. The molecule has 84 valence electrons. The number of H-pyrrole nitrogens is 2. The third kappa shape index (κ3) is 2.00. The molecular formula is C9H9BrN4O2. The van der Waals surface area contributed by atoms with Crippen molar-refractivity contribution in [1.82, 2.24) is 9.97 Å². The Balaban J connectivity index is 2.49. The molecule has 0 spiro atoms. The Bertz CT molecular complexity index is 601. The smallest absolute Gasteiger partial charge is 0.323 e. The monoisotopic (exact) mass is 284 g/mol. The fraction of sp³-hybridized carbons (Fsp3) is 0.111. The largest absolute Gasteiger partial charge is 0.324 e. The van der Waals surface area contributed by atoms with E-state index >= 15 is 0 Å². The van der Waals surface area contributed by atoms with Gasteiger partial charge in [0.25, 0.3) is 0 Å². The van der Waals surface area contributed by atoms with E-state index in [1.165, 1.54) is 0 Å². The number of aromatic nitrogens is 2. The molecule has 0 aliphatic carbocycles. The van der Waals surface area contributed by atoms with Crippen molar-refractivity contribution < 1.29 is 4.79 Å². The van der Waals surface area contributed by atoms with Crippen LogP contribution in [0.3, 0.4) is 0 Å². The lowest BCUT2D eigenvalue weighted by atomic mass is 10.2. The highest BCUT2D eigenvalue weighted by Gasteiger charge is 2.07. The molecule has 0 saturated heterocycles. The molecule has 7 heteroatoms. The lowest BCUT2D eigenvalue weighted by Crippen LogP contribution is -2.21. The number of anilines is 1. The summed E-state index contributed by atoms with van der Waals surface area (Å²) in [6, 6.07) is 3.37. The van der Waals surface area contributed by atoms with E-state index in [9.17, 15) is 9.59 Å². The van der Waals surface area contributed by atoms with Gasteiger partial charge in [0.15, 0.2) is 0 Å². The molecule has 5 N–H and O–H groups in total. The van der Waals surface area contributed by atoms with Gasteiger partial charge in [0.2, 0.25) is 5.91 Å². The van der Waals surface area contributed by atoms with E-state index < -0.39 is 0 Å². The minimum absolute atomic E-state index is 0.0892. The molecule has 0 aliphatic rings. The van der Waals surface area contributed by atoms with E-state index in [-0.39, 0.29) is 18.1 Å². The second kappa shape index (κ2) is 4.11. The van der Waals surface area contributed by atoms with Gasteiger partial charge >= 0.3 is 5.69 Å². The maximum Gasteiger partial charge on any atom is 0.323 e. The molecule has 2 rings (SSSR count). The number of hydrogen-bond donors (Lipinski definition) is 4. The van der Waals surface area contributed by atoms with Crippen molar-refractivity contribution in [3.8, 4) is 0 Å². The Kier molecular flexibility index (Phi) is 2.80. The van der Waals surface area contributed by atoms with E-state index in [0.717, 1.165) is 0 Å². The van der Waals surface area contributed by atoms with Crippen molar-refractivity contribution in [1.29, 1.82) is 0 Å². The molecule has 0 bridgehead atoms. The van der Waals surface area contributed by atoms with Crippen LogP contribution in [0.4, 0.5) is 5.69 Å². The first-order chi connectivity index (χ1) is 7.60. The Labute approximate surface area is 98.4 Å². The van der Waals surface area contributed by atoms with Crippen LogP contribution in [0, 0.1) is 0 Å². The molecule has 6 nitrogen and oxygen atoms in total. The lowest BCUT2D eigenvalue weighted by molar-refractivity contribution is -0.114. The molecular weight excluding hydrogens is 276 g/mol. The maximum atomic E-state index is 11.1. The summed E-state index contributed by atoms with van der Waals surface area (Å²) >= 11 is 3.29. The summed E-state index contributed by atoms with van der Waals surface area (Å²) in [4.78, 5) is 27.4. The van der Waals surface area contributed by atoms with Crippen molar-refractivity contribution in [2.24, 2.45) is 5.73 Å². The van der Waals surface area contributed by atoms with Gasteiger partial charge in [0.1, 0.15) is 0 Å². The number of imidazole rings is 1. The van der Waals surface area contributed by atoms with Gasteiger partial charge in [-0.25, -0.2) is 4.79 Å². The number of nitrogens with two attached hydrogens (primary N) is 1. The minimum atomic E-state index is -0.294. The number of halogens is 1. The second-order valence-corrected chi connectivity index (χ2v) is 4.06. The van der Waals surface area contributed by atoms with Crippen LogP contribution in [0.25, 0.3) is 11.0 Å². The van der Waals surface area contributed by atoms with E-state index in [1.54, 1.807) is 12.1 Å². The molecule has 0 radical (unpaired) electrons. The number of benzene rings is 1. The van der Waals surface area contributed by atoms with Gasteiger partial charge in [0.05, 0.1) is 23.3 Å². The van der Waals surface area contributed by atoms with Crippen molar-refractivity contribution in [2.75, 3.05) is 11.9 Å². The summed E-state index contributed by atoms with van der Waals surface area (Å²) < 4.78 is 0.678. The Morgan fingerprint density at radius 1 is 1.38 bits per heavy atom. The fourth-order valence-electron chi connectivity index (χ4n) is 1.35. The molecule has 0 fully saturated rings. The van der Waals surface area contributed by atoms with Crippen LogP contribution in [0.1, 0.15) is 0 Å². The van der Waals surface area contributed by atoms with Gasteiger partial charge in [0, 0.05) is 4.47 Å². The predicted octanol–water partition coefficient (Wildman–Crippen LogP) is 0.516. The number of rotatable bonds is 2. The highest BCUT2D eigenvalue weighted by Crippen LogP contribution is 2.26. The average molecular weight is 285 g/mol. The molecule has 0 aliphatic heterocycles. The van der Waals surface area contributed by atoms with E-state index in [2.05, 4.69) is 31.2 Å². The number of carbonyl (C=O) groups excluding carboxylic acids is 1. The van der Waals surface area contributed by atoms with Gasteiger partial charge in [-0.05, 0) is 28.1 Å². The predicted molar refractivity (Wildman–Crippen MR) is 64.3 cm³/mol. The van der Waals surface area contributed by atoms with Gasteiger partial charge in [-0.1, -0.05) is 0 Å². The van der Waals surface area contributed by atoms with Crippen molar-refractivity contribution in [2.45, 2.75) is 0 Å². The maximum absolute atomic E-state index is 11.1. The Morgan fingerprint density at radius 2 is 2.00 bits per heavy atom. The summed E-state index contributed by atoms with van der Waals surface area (Å²) in [5.74, 6) is -0.294. The van der Waals surface area contributed by atoms with Crippen LogP contribution >= 0.6 is 15.9 Å². The number of nitrogens with one attached hydrogen (secondary N) is 3. The summed E-state index contributed by atoms with van der Waals surface area (Å²) in [7, 11) is 0. The first kappa shape index (κ1) is 10.9. The summed E-state index contributed by atoms with van der Waals surface area (Å²) in [5.41, 5.74) is 6.77. The molecule has 2 aromatic rings. The van der Waals surface area contributed by atoms with Crippen LogP contribution in [-0.4, -0.2) is 22.4 Å². The molecule has 0 unspecified atom stereocenters. The normalized spacial score (nSPS) is 10.6. The van der Waals surface area contributed by atoms with Gasteiger partial charge in [-0.2, -0.15) is 0 Å². The molecule has 1 amide bonds. The SMILES string of the molecule is NCC(=O)Nc1cc2[nH]c(=O)[nH]c2cc1Br. The number of carbonyl (C=O) groups is 1. The van der Waals surface area contributed by atoms with Crippen LogP contribution in [0.15, 0.2) is 21.4 Å². The molecule has 16 heavy (non-hydrogen) atoms. The minimum Gasteiger partial charge on any atom is -0.324 e. The first-order valence-corrected chi connectivity index (χ1v) is 5.31. The zero-order valence-electron chi connectivity index (χ0n) is 8.13. The standard InChI is InChI=1S/C9H9BrN4O2/c10-4-1-6-7(14-9(16)13-6)2-5(4)12-8(15)3-11/h1-2H,3,11H2,(H,12,15)(H2,13,14,16). The van der Waals surface area contributed by atoms with Crippen molar-refractivity contribution in [3.05, 3.63) is 27.1 Å². The number of amides is 1. The van der Waals surface area contributed by atoms with E-state index in [1.807, 2.05) is 0 Å². The number of aromatic amines is 2. The third-order valence-corrected chi connectivity index (χ3v) is 2.72. The molecule has 0 atom stereocenters.